The van der Waals surface area contributed by atoms with Gasteiger partial charge in [0.1, 0.15) is 0 Å². The first kappa shape index (κ1) is 17.2. The maximum Gasteiger partial charge on any atom is 0.416 e. The Bertz CT molecular complexity index is 491. The summed E-state index contributed by atoms with van der Waals surface area (Å²) in [4.78, 5) is 4.09. The van der Waals surface area contributed by atoms with Crippen LogP contribution in [0.4, 0.5) is 13.2 Å². The molecule has 1 aliphatic heterocycles. The van der Waals surface area contributed by atoms with E-state index in [1.807, 2.05) is 19.0 Å². The van der Waals surface area contributed by atoms with Crippen LogP contribution >= 0.6 is 0 Å². The third-order valence-corrected chi connectivity index (χ3v) is 4.39. The van der Waals surface area contributed by atoms with Crippen LogP contribution in [-0.2, 0) is 12.7 Å². The number of aliphatic hydroxyl groups excluding tert-OH is 1. The number of aliphatic hydroxyl groups is 1. The van der Waals surface area contributed by atoms with Crippen LogP contribution in [0.5, 0.6) is 0 Å². The molecule has 0 amide bonds. The SMILES string of the molecule is CN(C)[C@@H]1CCN(Cc2ccccc2C(F)(F)F)C[C@@H]1CO. The first-order valence-electron chi connectivity index (χ1n) is 7.47. The lowest BCUT2D eigenvalue weighted by atomic mass is 9.91. The van der Waals surface area contributed by atoms with Crippen molar-refractivity contribution in [3.8, 4) is 0 Å². The molecule has 1 aromatic rings. The van der Waals surface area contributed by atoms with Gasteiger partial charge in [-0.2, -0.15) is 13.2 Å². The molecular weight excluding hydrogens is 293 g/mol. The summed E-state index contributed by atoms with van der Waals surface area (Å²) in [6.07, 6.45) is -3.47. The molecule has 0 saturated carbocycles. The van der Waals surface area contributed by atoms with E-state index in [0.717, 1.165) is 19.0 Å². The average molecular weight is 316 g/mol. The van der Waals surface area contributed by atoms with Gasteiger partial charge in [0, 0.05) is 31.7 Å². The highest BCUT2D eigenvalue weighted by atomic mass is 19.4. The number of hydrogen-bond donors (Lipinski definition) is 1. The molecule has 2 atom stereocenters. The second-order valence-electron chi connectivity index (χ2n) is 6.15. The molecule has 1 N–H and O–H groups in total. The molecule has 6 heteroatoms. The molecule has 1 heterocycles. The van der Waals surface area contributed by atoms with Crippen molar-refractivity contribution in [3.05, 3.63) is 35.4 Å². The lowest BCUT2D eigenvalue weighted by molar-refractivity contribution is -0.138. The van der Waals surface area contributed by atoms with Crippen LogP contribution in [0, 0.1) is 5.92 Å². The average Bonchev–Trinajstić information content (AvgIpc) is 2.46. The van der Waals surface area contributed by atoms with E-state index in [1.54, 1.807) is 6.07 Å². The molecule has 0 radical (unpaired) electrons. The smallest absolute Gasteiger partial charge is 0.396 e. The Morgan fingerprint density at radius 2 is 1.95 bits per heavy atom. The molecule has 0 unspecified atom stereocenters. The second-order valence-corrected chi connectivity index (χ2v) is 6.15. The minimum atomic E-state index is -4.32. The number of halogens is 3. The van der Waals surface area contributed by atoms with E-state index in [1.165, 1.54) is 12.1 Å². The fourth-order valence-electron chi connectivity index (χ4n) is 3.27. The van der Waals surface area contributed by atoms with Crippen LogP contribution in [0.3, 0.4) is 0 Å². The Labute approximate surface area is 129 Å². The van der Waals surface area contributed by atoms with Crippen molar-refractivity contribution in [2.24, 2.45) is 5.92 Å². The first-order valence-corrected chi connectivity index (χ1v) is 7.47. The number of likely N-dealkylation sites (tertiary alicyclic amines) is 1. The van der Waals surface area contributed by atoms with E-state index >= 15 is 0 Å². The van der Waals surface area contributed by atoms with Crippen LogP contribution in [0.25, 0.3) is 0 Å². The standard InChI is InChI=1S/C16H23F3N2O/c1-20(2)15-7-8-21(10-13(15)11-22)9-12-5-3-4-6-14(12)16(17,18)19/h3-6,13,15,22H,7-11H2,1-2H3/t13-,15-/m1/s1. The summed E-state index contributed by atoms with van der Waals surface area (Å²) in [6, 6.07) is 6.00. The van der Waals surface area contributed by atoms with Gasteiger partial charge in [-0.25, -0.2) is 0 Å². The number of hydrogen-bond acceptors (Lipinski definition) is 3. The summed E-state index contributed by atoms with van der Waals surface area (Å²) < 4.78 is 39.1. The van der Waals surface area contributed by atoms with Crippen LogP contribution in [0.1, 0.15) is 17.5 Å². The fourth-order valence-corrected chi connectivity index (χ4v) is 3.27. The lowest BCUT2D eigenvalue weighted by Crippen LogP contribution is -2.49. The number of benzene rings is 1. The van der Waals surface area contributed by atoms with Crippen LogP contribution in [0.2, 0.25) is 0 Å². The second kappa shape index (κ2) is 6.98. The van der Waals surface area contributed by atoms with Crippen molar-refractivity contribution >= 4 is 0 Å². The maximum atomic E-state index is 13.0. The van der Waals surface area contributed by atoms with Crippen LogP contribution in [-0.4, -0.2) is 54.7 Å². The largest absolute Gasteiger partial charge is 0.416 e. The van der Waals surface area contributed by atoms with Gasteiger partial charge < -0.3 is 10.0 Å². The van der Waals surface area contributed by atoms with Gasteiger partial charge in [-0.3, -0.25) is 4.90 Å². The van der Waals surface area contributed by atoms with E-state index < -0.39 is 11.7 Å². The van der Waals surface area contributed by atoms with E-state index in [4.69, 9.17) is 0 Å². The molecule has 0 aliphatic carbocycles. The first-order chi connectivity index (χ1) is 10.3. The maximum absolute atomic E-state index is 13.0. The predicted octanol–water partition coefficient (Wildman–Crippen LogP) is 2.45. The topological polar surface area (TPSA) is 26.7 Å². The summed E-state index contributed by atoms with van der Waals surface area (Å²) in [5, 5.41) is 9.54. The predicted molar refractivity (Wildman–Crippen MR) is 79.4 cm³/mol. The number of alkyl halides is 3. The third kappa shape index (κ3) is 4.00. The van der Waals surface area contributed by atoms with Gasteiger partial charge in [0.05, 0.1) is 5.56 Å². The van der Waals surface area contributed by atoms with E-state index in [9.17, 15) is 18.3 Å². The van der Waals surface area contributed by atoms with Crippen molar-refractivity contribution in [1.29, 1.82) is 0 Å². The molecule has 2 rings (SSSR count). The van der Waals surface area contributed by atoms with Gasteiger partial charge >= 0.3 is 6.18 Å². The lowest BCUT2D eigenvalue weighted by Gasteiger charge is -2.41. The molecule has 0 spiro atoms. The van der Waals surface area contributed by atoms with E-state index in [2.05, 4.69) is 4.90 Å². The molecule has 0 bridgehead atoms. The summed E-state index contributed by atoms with van der Waals surface area (Å²) in [7, 11) is 3.95. The van der Waals surface area contributed by atoms with Crippen molar-refractivity contribution in [2.75, 3.05) is 33.8 Å². The molecule has 1 aliphatic rings. The molecule has 22 heavy (non-hydrogen) atoms. The molecule has 1 fully saturated rings. The Morgan fingerprint density at radius 3 is 2.55 bits per heavy atom. The normalized spacial score (nSPS) is 24.0. The summed E-state index contributed by atoms with van der Waals surface area (Å²) in [5.41, 5.74) is -0.264. The van der Waals surface area contributed by atoms with Gasteiger partial charge in [-0.1, -0.05) is 18.2 Å². The van der Waals surface area contributed by atoms with Crippen LogP contribution < -0.4 is 0 Å². The van der Waals surface area contributed by atoms with Crippen LogP contribution in [0.15, 0.2) is 24.3 Å². The zero-order valence-electron chi connectivity index (χ0n) is 13.0. The van der Waals surface area contributed by atoms with Crippen molar-refractivity contribution in [1.82, 2.24) is 9.80 Å². The van der Waals surface area contributed by atoms with E-state index in [-0.39, 0.29) is 25.1 Å². The summed E-state index contributed by atoms with van der Waals surface area (Å²) in [6.45, 7) is 1.68. The Kier molecular flexibility index (Phi) is 5.47. The highest BCUT2D eigenvalue weighted by molar-refractivity contribution is 5.29. The quantitative estimate of drug-likeness (QED) is 0.924. The zero-order chi connectivity index (χ0) is 16.3. The van der Waals surface area contributed by atoms with E-state index in [0.29, 0.717) is 12.1 Å². The van der Waals surface area contributed by atoms with Crippen molar-refractivity contribution < 1.29 is 18.3 Å². The molecule has 3 nitrogen and oxygen atoms in total. The van der Waals surface area contributed by atoms with Gasteiger partial charge in [0.15, 0.2) is 0 Å². The number of nitrogens with zero attached hydrogens (tertiary/aromatic N) is 2. The van der Waals surface area contributed by atoms with Gasteiger partial charge in [0.25, 0.3) is 0 Å². The third-order valence-electron chi connectivity index (χ3n) is 4.39. The highest BCUT2D eigenvalue weighted by Gasteiger charge is 2.35. The molecular formula is C16H23F3N2O. The Balaban J connectivity index is 2.10. The van der Waals surface area contributed by atoms with Gasteiger partial charge in [-0.05, 0) is 38.7 Å². The molecule has 0 aromatic heterocycles. The molecule has 1 saturated heterocycles. The summed E-state index contributed by atoms with van der Waals surface area (Å²) >= 11 is 0. The summed E-state index contributed by atoms with van der Waals surface area (Å²) in [5.74, 6) is 0.0711. The molecule has 124 valence electrons. The highest BCUT2D eigenvalue weighted by Crippen LogP contribution is 2.33. The molecule has 1 aromatic carbocycles. The minimum Gasteiger partial charge on any atom is -0.396 e. The number of piperidine rings is 1. The minimum absolute atomic E-state index is 0.0558. The van der Waals surface area contributed by atoms with Crippen molar-refractivity contribution in [2.45, 2.75) is 25.2 Å². The zero-order valence-corrected chi connectivity index (χ0v) is 13.0. The van der Waals surface area contributed by atoms with Crippen molar-refractivity contribution in [3.63, 3.8) is 0 Å². The number of rotatable bonds is 4. The van der Waals surface area contributed by atoms with Gasteiger partial charge in [0.2, 0.25) is 0 Å². The fraction of sp³-hybridized carbons (Fsp3) is 0.625. The Hall–Kier alpha value is -1.11. The Morgan fingerprint density at radius 1 is 1.27 bits per heavy atom. The van der Waals surface area contributed by atoms with Gasteiger partial charge in [-0.15, -0.1) is 0 Å². The monoisotopic (exact) mass is 316 g/mol.